The predicted octanol–water partition coefficient (Wildman–Crippen LogP) is 1.13. The summed E-state index contributed by atoms with van der Waals surface area (Å²) in [6.07, 6.45) is -0.418. The highest BCUT2D eigenvalue weighted by Crippen LogP contribution is 2.22. The van der Waals surface area contributed by atoms with Crippen molar-refractivity contribution in [3.05, 3.63) is 30.2 Å². The molecule has 0 amide bonds. The normalized spacial score (nSPS) is 12.4. The summed E-state index contributed by atoms with van der Waals surface area (Å²) >= 11 is 0. The molecule has 0 aliphatic heterocycles. The molecule has 6 nitrogen and oxygen atoms in total. The summed E-state index contributed by atoms with van der Waals surface area (Å²) in [4.78, 5) is 4.13. The Morgan fingerprint density at radius 3 is 2.72 bits per heavy atom. The largest absolute Gasteiger partial charge is 0.497 e. The highest BCUT2D eigenvalue weighted by atomic mass is 16.5. The fraction of sp³-hybridized carbons (Fsp3) is 0.333. The lowest BCUT2D eigenvalue weighted by Crippen LogP contribution is -2.06. The van der Waals surface area contributed by atoms with Crippen molar-refractivity contribution < 1.29 is 14.4 Å². The lowest BCUT2D eigenvalue weighted by atomic mass is 10.2. The molecule has 0 aliphatic carbocycles. The number of nitrogens with zero attached hydrogens (tertiary/aromatic N) is 2. The van der Waals surface area contributed by atoms with Crippen LogP contribution in [0.2, 0.25) is 0 Å². The molecule has 1 unspecified atom stereocenters. The lowest BCUT2D eigenvalue weighted by Gasteiger charge is -2.01. The molecule has 0 saturated heterocycles. The van der Waals surface area contributed by atoms with Crippen LogP contribution in [0, 0.1) is 0 Å². The quantitative estimate of drug-likeness (QED) is 0.824. The monoisotopic (exact) mass is 249 g/mol. The zero-order valence-corrected chi connectivity index (χ0v) is 10.0. The second-order valence-electron chi connectivity index (χ2n) is 3.78. The summed E-state index contributed by atoms with van der Waals surface area (Å²) in [6.45, 7) is 0.363. The van der Waals surface area contributed by atoms with Gasteiger partial charge in [0.2, 0.25) is 5.82 Å². The van der Waals surface area contributed by atoms with E-state index >= 15 is 0 Å². The Kier molecular flexibility index (Phi) is 3.91. The van der Waals surface area contributed by atoms with E-state index in [2.05, 4.69) is 10.1 Å². The molecule has 2 aromatic rings. The average molecular weight is 249 g/mol. The van der Waals surface area contributed by atoms with E-state index in [4.69, 9.17) is 15.0 Å². The average Bonchev–Trinajstić information content (AvgIpc) is 2.89. The van der Waals surface area contributed by atoms with E-state index in [1.165, 1.54) is 0 Å². The molecule has 3 N–H and O–H groups in total. The van der Waals surface area contributed by atoms with Crippen LogP contribution >= 0.6 is 0 Å². The number of aliphatic hydroxyl groups excluding tert-OH is 1. The van der Waals surface area contributed by atoms with E-state index in [0.29, 0.717) is 18.8 Å². The third kappa shape index (κ3) is 2.66. The van der Waals surface area contributed by atoms with E-state index in [0.717, 1.165) is 11.3 Å². The third-order valence-corrected chi connectivity index (χ3v) is 2.52. The zero-order chi connectivity index (χ0) is 13.0. The topological polar surface area (TPSA) is 94.4 Å². The van der Waals surface area contributed by atoms with Crippen LogP contribution in [0.3, 0.4) is 0 Å². The smallest absolute Gasteiger partial charge is 0.255 e. The van der Waals surface area contributed by atoms with E-state index < -0.39 is 6.10 Å². The van der Waals surface area contributed by atoms with E-state index in [9.17, 15) is 5.11 Å². The molecule has 96 valence electrons. The van der Waals surface area contributed by atoms with Gasteiger partial charge < -0.3 is 20.1 Å². The summed E-state index contributed by atoms with van der Waals surface area (Å²) in [6, 6.07) is 7.26. The van der Waals surface area contributed by atoms with Gasteiger partial charge in [0.15, 0.2) is 0 Å². The minimum atomic E-state index is -0.811. The number of hydrogen-bond donors (Lipinski definition) is 2. The number of aromatic nitrogens is 2. The van der Waals surface area contributed by atoms with Crippen LogP contribution in [0.1, 0.15) is 18.4 Å². The molecule has 1 aromatic carbocycles. The van der Waals surface area contributed by atoms with Gasteiger partial charge in [-0.25, -0.2) is 0 Å². The first-order chi connectivity index (χ1) is 8.74. The van der Waals surface area contributed by atoms with E-state index in [1.54, 1.807) is 7.11 Å². The molecule has 1 atom stereocenters. The van der Waals surface area contributed by atoms with Crippen molar-refractivity contribution in [1.82, 2.24) is 10.1 Å². The third-order valence-electron chi connectivity index (χ3n) is 2.52. The second-order valence-corrected chi connectivity index (χ2v) is 3.78. The van der Waals surface area contributed by atoms with Crippen molar-refractivity contribution in [2.75, 3.05) is 13.7 Å². The Bertz CT molecular complexity index is 496. The minimum absolute atomic E-state index is 0.186. The summed E-state index contributed by atoms with van der Waals surface area (Å²) in [7, 11) is 1.60. The van der Waals surface area contributed by atoms with Crippen LogP contribution < -0.4 is 10.5 Å². The molecular formula is C12H15N3O3. The fourth-order valence-corrected chi connectivity index (χ4v) is 1.51. The van der Waals surface area contributed by atoms with Gasteiger partial charge in [0.25, 0.3) is 5.89 Å². The second kappa shape index (κ2) is 5.61. The first-order valence-electron chi connectivity index (χ1n) is 5.60. The maximum atomic E-state index is 9.67. The number of aliphatic hydroxyl groups is 1. The van der Waals surface area contributed by atoms with Gasteiger partial charge in [-0.05, 0) is 37.2 Å². The minimum Gasteiger partial charge on any atom is -0.497 e. The van der Waals surface area contributed by atoms with Gasteiger partial charge in [0, 0.05) is 5.56 Å². The van der Waals surface area contributed by atoms with Gasteiger partial charge in [-0.2, -0.15) is 4.98 Å². The van der Waals surface area contributed by atoms with Crippen molar-refractivity contribution in [1.29, 1.82) is 0 Å². The Morgan fingerprint density at radius 2 is 2.11 bits per heavy atom. The van der Waals surface area contributed by atoms with E-state index in [-0.39, 0.29) is 5.89 Å². The molecule has 0 saturated carbocycles. The molecule has 0 fully saturated rings. The highest BCUT2D eigenvalue weighted by Gasteiger charge is 2.16. The zero-order valence-electron chi connectivity index (χ0n) is 10.0. The molecule has 0 aliphatic rings. The summed E-state index contributed by atoms with van der Waals surface area (Å²) < 4.78 is 10.1. The van der Waals surface area contributed by atoms with Crippen LogP contribution in [-0.2, 0) is 0 Å². The molecule has 6 heteroatoms. The lowest BCUT2D eigenvalue weighted by molar-refractivity contribution is 0.127. The number of rotatable bonds is 5. The number of benzene rings is 1. The molecular weight excluding hydrogens is 234 g/mol. The van der Waals surface area contributed by atoms with Crippen LogP contribution in [0.15, 0.2) is 28.8 Å². The number of methoxy groups -OCH3 is 1. The van der Waals surface area contributed by atoms with Gasteiger partial charge in [0.1, 0.15) is 11.9 Å². The molecule has 2 rings (SSSR count). The van der Waals surface area contributed by atoms with Gasteiger partial charge >= 0.3 is 0 Å². The SMILES string of the molecule is COc1ccc(-c2noc(C(O)CCN)n2)cc1. The maximum absolute atomic E-state index is 9.67. The summed E-state index contributed by atoms with van der Waals surface area (Å²) in [5.41, 5.74) is 6.15. The van der Waals surface area contributed by atoms with Crippen molar-refractivity contribution in [3.8, 4) is 17.1 Å². The standard InChI is InChI=1S/C12H15N3O3/c1-17-9-4-2-8(3-5-9)11-14-12(18-15-11)10(16)6-7-13/h2-5,10,16H,6-7,13H2,1H3. The molecule has 1 heterocycles. The maximum Gasteiger partial charge on any atom is 0.255 e. The molecule has 18 heavy (non-hydrogen) atoms. The molecule has 0 spiro atoms. The fourth-order valence-electron chi connectivity index (χ4n) is 1.51. The van der Waals surface area contributed by atoms with Crippen LogP contribution in [0.25, 0.3) is 11.4 Å². The van der Waals surface area contributed by atoms with Gasteiger partial charge in [0.05, 0.1) is 7.11 Å². The van der Waals surface area contributed by atoms with Gasteiger partial charge in [-0.1, -0.05) is 5.16 Å². The Hall–Kier alpha value is -1.92. The molecule has 0 bridgehead atoms. The van der Waals surface area contributed by atoms with Gasteiger partial charge in [-0.3, -0.25) is 0 Å². The van der Waals surface area contributed by atoms with Crippen LogP contribution in [0.5, 0.6) is 5.75 Å². The summed E-state index contributed by atoms with van der Waals surface area (Å²) in [5, 5.41) is 13.5. The summed E-state index contributed by atoms with van der Waals surface area (Å²) in [5.74, 6) is 1.38. The number of ether oxygens (including phenoxy) is 1. The van der Waals surface area contributed by atoms with Crippen molar-refractivity contribution in [2.45, 2.75) is 12.5 Å². The van der Waals surface area contributed by atoms with Crippen molar-refractivity contribution in [3.63, 3.8) is 0 Å². The van der Waals surface area contributed by atoms with Gasteiger partial charge in [-0.15, -0.1) is 0 Å². The Balaban J connectivity index is 2.18. The number of nitrogens with two attached hydrogens (primary N) is 1. The van der Waals surface area contributed by atoms with Crippen LogP contribution in [-0.4, -0.2) is 28.9 Å². The molecule has 1 aromatic heterocycles. The first kappa shape index (κ1) is 12.5. The van der Waals surface area contributed by atoms with Crippen LogP contribution in [0.4, 0.5) is 0 Å². The predicted molar refractivity (Wildman–Crippen MR) is 64.9 cm³/mol. The Labute approximate surface area is 104 Å². The highest BCUT2D eigenvalue weighted by molar-refractivity contribution is 5.55. The van der Waals surface area contributed by atoms with E-state index in [1.807, 2.05) is 24.3 Å². The van der Waals surface area contributed by atoms with Crippen molar-refractivity contribution >= 4 is 0 Å². The first-order valence-corrected chi connectivity index (χ1v) is 5.60. The molecule has 0 radical (unpaired) electrons. The number of hydrogen-bond acceptors (Lipinski definition) is 6. The Morgan fingerprint density at radius 1 is 1.39 bits per heavy atom. The van der Waals surface area contributed by atoms with Crippen molar-refractivity contribution in [2.24, 2.45) is 5.73 Å².